The van der Waals surface area contributed by atoms with Crippen molar-refractivity contribution in [3.8, 4) is 5.75 Å². The van der Waals surface area contributed by atoms with Gasteiger partial charge in [0.05, 0.1) is 5.25 Å². The second kappa shape index (κ2) is 10.3. The molecule has 160 valence electrons. The molecule has 0 saturated heterocycles. The number of thioether (sulfide) groups is 1. The molecule has 3 rings (SSSR count). The van der Waals surface area contributed by atoms with Gasteiger partial charge in [0.1, 0.15) is 18.1 Å². The lowest BCUT2D eigenvalue weighted by molar-refractivity contribution is -0.115. The average molecular weight is 430 g/mol. The Labute approximate surface area is 180 Å². The number of hydrogen-bond acceptors (Lipinski definition) is 7. The molecule has 0 fully saturated rings. The SMILES string of the molecule is Cc1cc(NC(=O)C(C)Sc2nnc(COc3ccccc3)n2CCC(C)C)no1. The molecule has 1 amide bonds. The summed E-state index contributed by atoms with van der Waals surface area (Å²) in [4.78, 5) is 12.5. The Bertz CT molecular complexity index is 955. The van der Waals surface area contributed by atoms with Gasteiger partial charge in [0, 0.05) is 12.6 Å². The summed E-state index contributed by atoms with van der Waals surface area (Å²) >= 11 is 1.36. The minimum atomic E-state index is -0.383. The largest absolute Gasteiger partial charge is 0.486 e. The Morgan fingerprint density at radius 2 is 2.00 bits per heavy atom. The third-order valence-corrected chi connectivity index (χ3v) is 5.45. The number of ether oxygens (including phenoxy) is 1. The van der Waals surface area contributed by atoms with Crippen LogP contribution in [0.25, 0.3) is 0 Å². The van der Waals surface area contributed by atoms with Crippen LogP contribution in [0.2, 0.25) is 0 Å². The van der Waals surface area contributed by atoms with Crippen LogP contribution in [0.15, 0.2) is 46.1 Å². The molecule has 1 N–H and O–H groups in total. The predicted molar refractivity (Wildman–Crippen MR) is 115 cm³/mol. The van der Waals surface area contributed by atoms with Gasteiger partial charge in [0.15, 0.2) is 16.8 Å². The molecule has 1 unspecified atom stereocenters. The van der Waals surface area contributed by atoms with Crippen molar-refractivity contribution in [2.24, 2.45) is 5.92 Å². The number of nitrogens with one attached hydrogen (secondary N) is 1. The molecule has 8 nitrogen and oxygen atoms in total. The standard InChI is InChI=1S/C21H27N5O3S/c1-14(2)10-11-26-19(13-28-17-8-6-5-7-9-17)23-24-21(26)30-16(4)20(27)22-18-12-15(3)29-25-18/h5-9,12,14,16H,10-11,13H2,1-4H3,(H,22,25,27). The lowest BCUT2D eigenvalue weighted by Gasteiger charge is -2.14. The zero-order valence-electron chi connectivity index (χ0n) is 17.7. The Kier molecular flexibility index (Phi) is 7.51. The van der Waals surface area contributed by atoms with Gasteiger partial charge in [-0.15, -0.1) is 10.2 Å². The number of amides is 1. The van der Waals surface area contributed by atoms with Gasteiger partial charge in [-0.1, -0.05) is 49.0 Å². The first-order valence-corrected chi connectivity index (χ1v) is 10.8. The van der Waals surface area contributed by atoms with Crippen LogP contribution in [0, 0.1) is 12.8 Å². The molecule has 1 atom stereocenters. The number of hydrogen-bond donors (Lipinski definition) is 1. The number of benzene rings is 1. The van der Waals surface area contributed by atoms with Crippen molar-refractivity contribution in [3.63, 3.8) is 0 Å². The van der Waals surface area contributed by atoms with Crippen LogP contribution in [-0.4, -0.2) is 31.1 Å². The number of rotatable bonds is 10. The summed E-state index contributed by atoms with van der Waals surface area (Å²) in [6, 6.07) is 11.3. The van der Waals surface area contributed by atoms with Gasteiger partial charge in [-0.3, -0.25) is 4.79 Å². The Hall–Kier alpha value is -2.81. The van der Waals surface area contributed by atoms with Crippen molar-refractivity contribution >= 4 is 23.5 Å². The normalized spacial score (nSPS) is 12.2. The molecule has 3 aromatic rings. The molecule has 0 aliphatic rings. The third kappa shape index (κ3) is 6.09. The molecule has 9 heteroatoms. The first-order chi connectivity index (χ1) is 14.4. The summed E-state index contributed by atoms with van der Waals surface area (Å²) in [6.45, 7) is 9.03. The number of aryl methyl sites for hydroxylation is 1. The summed E-state index contributed by atoms with van der Waals surface area (Å²) in [6.07, 6.45) is 0.975. The first-order valence-electron chi connectivity index (χ1n) is 9.93. The van der Waals surface area contributed by atoms with E-state index < -0.39 is 0 Å². The lowest BCUT2D eigenvalue weighted by Crippen LogP contribution is -2.23. The summed E-state index contributed by atoms with van der Waals surface area (Å²) in [5.41, 5.74) is 0. The maximum atomic E-state index is 12.5. The number of anilines is 1. The van der Waals surface area contributed by atoms with Gasteiger partial charge in [0.2, 0.25) is 5.91 Å². The van der Waals surface area contributed by atoms with Crippen LogP contribution < -0.4 is 10.1 Å². The van der Waals surface area contributed by atoms with Crippen molar-refractivity contribution in [1.82, 2.24) is 19.9 Å². The third-order valence-electron chi connectivity index (χ3n) is 4.37. The van der Waals surface area contributed by atoms with Crippen LogP contribution in [-0.2, 0) is 17.9 Å². The van der Waals surface area contributed by atoms with Crippen molar-refractivity contribution in [1.29, 1.82) is 0 Å². The zero-order chi connectivity index (χ0) is 21.5. The van der Waals surface area contributed by atoms with Gasteiger partial charge >= 0.3 is 0 Å². The predicted octanol–water partition coefficient (Wildman–Crippen LogP) is 4.32. The highest BCUT2D eigenvalue weighted by atomic mass is 32.2. The first kappa shape index (κ1) is 21.9. The number of aromatic nitrogens is 4. The maximum absolute atomic E-state index is 12.5. The minimum absolute atomic E-state index is 0.172. The van der Waals surface area contributed by atoms with E-state index in [0.29, 0.717) is 29.3 Å². The lowest BCUT2D eigenvalue weighted by atomic mass is 10.1. The van der Waals surface area contributed by atoms with E-state index in [-0.39, 0.29) is 11.2 Å². The van der Waals surface area contributed by atoms with Crippen molar-refractivity contribution < 1.29 is 14.1 Å². The van der Waals surface area contributed by atoms with E-state index in [2.05, 4.69) is 34.5 Å². The number of carbonyl (C=O) groups excluding carboxylic acids is 1. The molecule has 2 heterocycles. The van der Waals surface area contributed by atoms with E-state index in [1.54, 1.807) is 13.0 Å². The fraction of sp³-hybridized carbons (Fsp3) is 0.429. The Morgan fingerprint density at radius 1 is 1.23 bits per heavy atom. The minimum Gasteiger partial charge on any atom is -0.486 e. The molecule has 0 aliphatic carbocycles. The molecule has 1 aromatic carbocycles. The van der Waals surface area contributed by atoms with Crippen LogP contribution in [0.5, 0.6) is 5.75 Å². The summed E-state index contributed by atoms with van der Waals surface area (Å²) < 4.78 is 12.9. The second-order valence-electron chi connectivity index (χ2n) is 7.41. The quantitative estimate of drug-likeness (QED) is 0.480. The van der Waals surface area contributed by atoms with E-state index in [1.165, 1.54) is 11.8 Å². The van der Waals surface area contributed by atoms with Gasteiger partial charge in [-0.2, -0.15) is 0 Å². The molecule has 0 bridgehead atoms. The molecular formula is C21H27N5O3S. The second-order valence-corrected chi connectivity index (χ2v) is 8.71. The maximum Gasteiger partial charge on any atom is 0.238 e. The summed E-state index contributed by atoms with van der Waals surface area (Å²) in [7, 11) is 0. The molecule has 2 aromatic heterocycles. The molecule has 0 aliphatic heterocycles. The number of para-hydroxylation sites is 1. The smallest absolute Gasteiger partial charge is 0.238 e. The fourth-order valence-corrected chi connectivity index (χ4v) is 3.55. The zero-order valence-corrected chi connectivity index (χ0v) is 18.5. The van der Waals surface area contributed by atoms with Crippen molar-refractivity contribution in [3.05, 3.63) is 48.0 Å². The molecule has 0 saturated carbocycles. The van der Waals surface area contributed by atoms with Gasteiger partial charge < -0.3 is 19.1 Å². The number of carbonyl (C=O) groups is 1. The van der Waals surface area contributed by atoms with Gasteiger partial charge in [0.25, 0.3) is 0 Å². The molecule has 0 radical (unpaired) electrons. The van der Waals surface area contributed by atoms with E-state index >= 15 is 0 Å². The highest BCUT2D eigenvalue weighted by molar-refractivity contribution is 8.00. The van der Waals surface area contributed by atoms with Gasteiger partial charge in [-0.05, 0) is 38.3 Å². The van der Waals surface area contributed by atoms with Crippen molar-refractivity contribution in [2.45, 2.75) is 57.7 Å². The summed E-state index contributed by atoms with van der Waals surface area (Å²) in [5, 5.41) is 15.5. The molecule has 30 heavy (non-hydrogen) atoms. The summed E-state index contributed by atoms with van der Waals surface area (Å²) in [5.74, 6) is 2.92. The Balaban J connectivity index is 1.68. The highest BCUT2D eigenvalue weighted by Gasteiger charge is 2.21. The van der Waals surface area contributed by atoms with E-state index in [4.69, 9.17) is 9.26 Å². The van der Waals surface area contributed by atoms with Crippen LogP contribution in [0.1, 0.15) is 38.8 Å². The molecular weight excluding hydrogens is 402 g/mol. The Morgan fingerprint density at radius 3 is 2.67 bits per heavy atom. The van der Waals surface area contributed by atoms with E-state index in [0.717, 1.165) is 24.5 Å². The monoisotopic (exact) mass is 429 g/mol. The van der Waals surface area contributed by atoms with Crippen molar-refractivity contribution in [2.75, 3.05) is 5.32 Å². The van der Waals surface area contributed by atoms with E-state index in [1.807, 2.05) is 41.8 Å². The molecule has 0 spiro atoms. The number of nitrogens with zero attached hydrogens (tertiary/aromatic N) is 4. The average Bonchev–Trinajstić information content (AvgIpc) is 3.30. The highest BCUT2D eigenvalue weighted by Crippen LogP contribution is 2.25. The van der Waals surface area contributed by atoms with Gasteiger partial charge in [-0.25, -0.2) is 0 Å². The van der Waals surface area contributed by atoms with Crippen LogP contribution in [0.3, 0.4) is 0 Å². The topological polar surface area (TPSA) is 95.1 Å². The fourth-order valence-electron chi connectivity index (χ4n) is 2.65. The van der Waals surface area contributed by atoms with E-state index in [9.17, 15) is 4.79 Å². The van der Waals surface area contributed by atoms with Crippen LogP contribution in [0.4, 0.5) is 5.82 Å². The van der Waals surface area contributed by atoms with Crippen LogP contribution >= 0.6 is 11.8 Å².